The number of rotatable bonds is 5. The molecule has 0 radical (unpaired) electrons. The lowest BCUT2D eigenvalue weighted by atomic mass is 10.3. The summed E-state index contributed by atoms with van der Waals surface area (Å²) in [5.74, 6) is 7.37. The van der Waals surface area contributed by atoms with Gasteiger partial charge in [-0.15, -0.1) is 17.5 Å². The minimum Gasteiger partial charge on any atom is -0.352 e. The van der Waals surface area contributed by atoms with Crippen LogP contribution in [0.2, 0.25) is 0 Å². The lowest BCUT2D eigenvalue weighted by Crippen LogP contribution is -2.44. The van der Waals surface area contributed by atoms with Gasteiger partial charge in [-0.1, -0.05) is 18.1 Å². The van der Waals surface area contributed by atoms with Crippen LogP contribution in [-0.4, -0.2) is 45.3 Å². The monoisotopic (exact) mass is 388 g/mol. The van der Waals surface area contributed by atoms with Gasteiger partial charge in [0.15, 0.2) is 11.5 Å². The molecule has 3 heterocycles. The summed E-state index contributed by atoms with van der Waals surface area (Å²) in [7, 11) is 0. The fourth-order valence-corrected chi connectivity index (χ4v) is 3.51. The molecule has 0 bridgehead atoms. The van der Waals surface area contributed by atoms with Crippen molar-refractivity contribution in [2.24, 2.45) is 0 Å². The van der Waals surface area contributed by atoms with E-state index in [-0.39, 0.29) is 17.6 Å². The maximum atomic E-state index is 13.2. The zero-order chi connectivity index (χ0) is 19.4. The Morgan fingerprint density at radius 3 is 2.70 bits per heavy atom. The Balaban J connectivity index is 2.34. The standard InChI is InChI=1S/C19H25ClN6O/c1-4-6-10-25-16-17(24-11-8-21-9-12-24)22-15(13-20)23-18(16)26(19(25)27)14(3)7-5-2/h5,7,14,21H,8-13H2,1-3H3/b7-5-. The number of halogens is 1. The molecule has 0 amide bonds. The quantitative estimate of drug-likeness (QED) is 0.481. The van der Waals surface area contributed by atoms with Crippen molar-refractivity contribution in [1.29, 1.82) is 0 Å². The number of hydrogen-bond acceptors (Lipinski definition) is 5. The lowest BCUT2D eigenvalue weighted by Gasteiger charge is -2.29. The van der Waals surface area contributed by atoms with Crippen molar-refractivity contribution in [2.45, 2.75) is 39.2 Å². The van der Waals surface area contributed by atoms with Crippen molar-refractivity contribution in [1.82, 2.24) is 24.4 Å². The number of fused-ring (bicyclic) bond motifs is 1. The van der Waals surface area contributed by atoms with Crippen molar-refractivity contribution in [3.63, 3.8) is 0 Å². The van der Waals surface area contributed by atoms with Gasteiger partial charge in [0.2, 0.25) is 0 Å². The molecule has 0 aromatic carbocycles. The van der Waals surface area contributed by atoms with Gasteiger partial charge in [-0.3, -0.25) is 9.13 Å². The first-order chi connectivity index (χ1) is 13.1. The maximum absolute atomic E-state index is 13.2. The first-order valence-corrected chi connectivity index (χ1v) is 9.71. The number of piperazine rings is 1. The van der Waals surface area contributed by atoms with E-state index in [1.165, 1.54) is 0 Å². The summed E-state index contributed by atoms with van der Waals surface area (Å²) in [6.45, 7) is 9.37. The number of nitrogens with one attached hydrogen (secondary N) is 1. The van der Waals surface area contributed by atoms with Crippen LogP contribution in [-0.2, 0) is 12.4 Å². The van der Waals surface area contributed by atoms with E-state index in [9.17, 15) is 4.79 Å². The lowest BCUT2D eigenvalue weighted by molar-refractivity contribution is 0.584. The van der Waals surface area contributed by atoms with Gasteiger partial charge < -0.3 is 10.2 Å². The number of nitrogens with zero attached hydrogens (tertiary/aromatic N) is 5. The molecule has 7 nitrogen and oxygen atoms in total. The molecule has 144 valence electrons. The summed E-state index contributed by atoms with van der Waals surface area (Å²) in [5.41, 5.74) is 1.22. The van der Waals surface area contributed by atoms with Gasteiger partial charge in [0, 0.05) is 26.2 Å². The van der Waals surface area contributed by atoms with Crippen LogP contribution in [0.25, 0.3) is 11.2 Å². The Bertz CT molecular complexity index is 958. The van der Waals surface area contributed by atoms with Crippen LogP contribution in [0.5, 0.6) is 0 Å². The normalized spacial score (nSPS) is 15.9. The van der Waals surface area contributed by atoms with E-state index in [1.807, 2.05) is 26.0 Å². The Kier molecular flexibility index (Phi) is 6.19. The summed E-state index contributed by atoms with van der Waals surface area (Å²) in [4.78, 5) is 24.7. The maximum Gasteiger partial charge on any atom is 0.331 e. The van der Waals surface area contributed by atoms with Crippen LogP contribution in [0.4, 0.5) is 5.82 Å². The molecule has 1 unspecified atom stereocenters. The van der Waals surface area contributed by atoms with E-state index in [0.29, 0.717) is 18.0 Å². The predicted molar refractivity (Wildman–Crippen MR) is 109 cm³/mol. The van der Waals surface area contributed by atoms with Crippen LogP contribution < -0.4 is 15.9 Å². The number of aromatic nitrogens is 4. The second-order valence-electron chi connectivity index (χ2n) is 6.44. The van der Waals surface area contributed by atoms with Gasteiger partial charge in [-0.2, -0.15) is 0 Å². The van der Waals surface area contributed by atoms with Crippen molar-refractivity contribution in [3.05, 3.63) is 28.5 Å². The highest BCUT2D eigenvalue weighted by atomic mass is 35.5. The third-order valence-corrected chi connectivity index (χ3v) is 4.90. The Morgan fingerprint density at radius 1 is 1.33 bits per heavy atom. The van der Waals surface area contributed by atoms with Crippen molar-refractivity contribution >= 4 is 28.6 Å². The summed E-state index contributed by atoms with van der Waals surface area (Å²) in [6.07, 6.45) is 3.91. The second-order valence-corrected chi connectivity index (χ2v) is 6.71. The molecule has 2 aromatic rings. The first kappa shape index (κ1) is 19.5. The molecule has 27 heavy (non-hydrogen) atoms. The smallest absolute Gasteiger partial charge is 0.331 e. The second kappa shape index (κ2) is 8.59. The highest BCUT2D eigenvalue weighted by Crippen LogP contribution is 2.26. The predicted octanol–water partition coefficient (Wildman–Crippen LogP) is 1.90. The zero-order valence-corrected chi connectivity index (χ0v) is 16.8. The van der Waals surface area contributed by atoms with Crippen LogP contribution in [0, 0.1) is 11.8 Å². The fourth-order valence-electron chi connectivity index (χ4n) is 3.39. The number of alkyl halides is 1. The third-order valence-electron chi connectivity index (χ3n) is 4.66. The minimum atomic E-state index is -0.130. The number of hydrogen-bond donors (Lipinski definition) is 1. The molecule has 1 fully saturated rings. The molecule has 1 N–H and O–H groups in total. The third kappa shape index (κ3) is 3.73. The van der Waals surface area contributed by atoms with Crippen LogP contribution in [0.15, 0.2) is 16.9 Å². The molecule has 1 aliphatic heterocycles. The highest BCUT2D eigenvalue weighted by molar-refractivity contribution is 6.16. The Labute approximate surface area is 164 Å². The van der Waals surface area contributed by atoms with E-state index in [2.05, 4.69) is 32.0 Å². The van der Waals surface area contributed by atoms with Gasteiger partial charge in [-0.25, -0.2) is 14.8 Å². The van der Waals surface area contributed by atoms with Crippen molar-refractivity contribution in [2.75, 3.05) is 31.1 Å². The topological polar surface area (TPSA) is 68.0 Å². The molecule has 0 aliphatic carbocycles. The van der Waals surface area contributed by atoms with E-state index >= 15 is 0 Å². The average Bonchev–Trinajstić information content (AvgIpc) is 2.97. The molecular weight excluding hydrogens is 364 g/mol. The molecule has 2 aromatic heterocycles. The first-order valence-electron chi connectivity index (χ1n) is 9.18. The van der Waals surface area contributed by atoms with Crippen LogP contribution in [0.3, 0.4) is 0 Å². The average molecular weight is 389 g/mol. The van der Waals surface area contributed by atoms with E-state index in [0.717, 1.165) is 37.5 Å². The van der Waals surface area contributed by atoms with Gasteiger partial charge in [0.05, 0.1) is 18.5 Å². The van der Waals surface area contributed by atoms with Gasteiger partial charge in [-0.05, 0) is 20.8 Å². The summed E-state index contributed by atoms with van der Waals surface area (Å²) in [5, 5.41) is 3.35. The fraction of sp³-hybridized carbons (Fsp3) is 0.526. The molecule has 3 rings (SSSR count). The van der Waals surface area contributed by atoms with Gasteiger partial charge in [0.25, 0.3) is 0 Å². The van der Waals surface area contributed by atoms with E-state index in [4.69, 9.17) is 11.6 Å². The Hall–Kier alpha value is -2.30. The summed E-state index contributed by atoms with van der Waals surface area (Å²) in [6, 6.07) is -0.130. The summed E-state index contributed by atoms with van der Waals surface area (Å²) < 4.78 is 3.39. The van der Waals surface area contributed by atoms with Crippen molar-refractivity contribution in [3.8, 4) is 11.8 Å². The van der Waals surface area contributed by atoms with Gasteiger partial charge >= 0.3 is 5.69 Å². The largest absolute Gasteiger partial charge is 0.352 e. The van der Waals surface area contributed by atoms with Crippen LogP contribution in [0.1, 0.15) is 32.6 Å². The highest BCUT2D eigenvalue weighted by Gasteiger charge is 2.25. The number of allylic oxidation sites excluding steroid dienone is 2. The summed E-state index contributed by atoms with van der Waals surface area (Å²) >= 11 is 6.08. The molecule has 1 aliphatic rings. The molecule has 0 spiro atoms. The zero-order valence-electron chi connectivity index (χ0n) is 16.0. The molecule has 1 saturated heterocycles. The molecule has 8 heteroatoms. The number of imidazole rings is 1. The molecule has 0 saturated carbocycles. The van der Waals surface area contributed by atoms with E-state index in [1.54, 1.807) is 16.1 Å². The van der Waals surface area contributed by atoms with E-state index < -0.39 is 0 Å². The van der Waals surface area contributed by atoms with Crippen LogP contribution >= 0.6 is 11.6 Å². The van der Waals surface area contributed by atoms with Crippen molar-refractivity contribution < 1.29 is 0 Å². The van der Waals surface area contributed by atoms with Gasteiger partial charge in [0.1, 0.15) is 11.3 Å². The molecule has 1 atom stereocenters. The Morgan fingerprint density at radius 2 is 2.07 bits per heavy atom. The SMILES string of the molecule is CC#CCn1c(=O)n(C(C)/C=C\C)c2nc(CCl)nc(N3CCNCC3)c21. The number of anilines is 1. The molecular formula is C19H25ClN6O. The minimum absolute atomic E-state index is 0.129.